The Morgan fingerprint density at radius 1 is 1.42 bits per heavy atom. The number of ether oxygens (including phenoxy) is 3. The third-order valence-corrected chi connectivity index (χ3v) is 3.96. The summed E-state index contributed by atoms with van der Waals surface area (Å²) in [6.45, 7) is 4.07. The van der Waals surface area contributed by atoms with Crippen LogP contribution in [0.3, 0.4) is 0 Å². The molecule has 128 valence electrons. The van der Waals surface area contributed by atoms with Gasteiger partial charge in [0.2, 0.25) is 11.9 Å². The summed E-state index contributed by atoms with van der Waals surface area (Å²) in [6.07, 6.45) is 0. The first kappa shape index (κ1) is 16.1. The van der Waals surface area contributed by atoms with Crippen molar-refractivity contribution in [1.82, 2.24) is 10.2 Å². The van der Waals surface area contributed by atoms with E-state index >= 15 is 0 Å². The molecule has 1 atom stereocenters. The van der Waals surface area contributed by atoms with Crippen molar-refractivity contribution in [3.63, 3.8) is 0 Å². The molecule has 24 heavy (non-hydrogen) atoms. The van der Waals surface area contributed by atoms with E-state index in [1.807, 2.05) is 17.9 Å². The zero-order valence-corrected chi connectivity index (χ0v) is 13.8. The van der Waals surface area contributed by atoms with Crippen LogP contribution in [0.1, 0.15) is 19.4 Å². The quantitative estimate of drug-likeness (QED) is 0.638. The number of nitrogens with zero attached hydrogens (tertiary/aromatic N) is 2. The minimum absolute atomic E-state index is 0.0709. The van der Waals surface area contributed by atoms with Crippen LogP contribution in [0, 0.1) is 0 Å². The van der Waals surface area contributed by atoms with Gasteiger partial charge in [-0.25, -0.2) is 4.99 Å². The maximum atomic E-state index is 11.8. The summed E-state index contributed by atoms with van der Waals surface area (Å²) in [5.74, 6) is 1.26. The molecule has 0 bridgehead atoms. The van der Waals surface area contributed by atoms with Crippen LogP contribution in [0.2, 0.25) is 0 Å². The second-order valence-electron chi connectivity index (χ2n) is 5.51. The highest BCUT2D eigenvalue weighted by molar-refractivity contribution is 6.07. The van der Waals surface area contributed by atoms with Gasteiger partial charge in [-0.15, -0.1) is 0 Å². The summed E-state index contributed by atoms with van der Waals surface area (Å²) in [5.41, 5.74) is 1.59. The molecule has 1 amide bonds. The van der Waals surface area contributed by atoms with Gasteiger partial charge in [0.05, 0.1) is 19.3 Å². The van der Waals surface area contributed by atoms with Crippen LogP contribution in [0.15, 0.2) is 17.1 Å². The molecule has 1 aromatic rings. The van der Waals surface area contributed by atoms with Gasteiger partial charge in [0.1, 0.15) is 19.3 Å². The van der Waals surface area contributed by atoms with Crippen molar-refractivity contribution in [2.75, 3.05) is 20.3 Å². The molecule has 1 fully saturated rings. The Labute approximate surface area is 139 Å². The van der Waals surface area contributed by atoms with Gasteiger partial charge < -0.3 is 19.1 Å². The summed E-state index contributed by atoms with van der Waals surface area (Å²) in [4.78, 5) is 29.0. The lowest BCUT2D eigenvalue weighted by atomic mass is 10.1. The highest BCUT2D eigenvalue weighted by atomic mass is 16.6. The topological polar surface area (TPSA) is 89.5 Å². The van der Waals surface area contributed by atoms with Crippen LogP contribution >= 0.6 is 0 Å². The lowest BCUT2D eigenvalue weighted by molar-refractivity contribution is -0.141. The van der Waals surface area contributed by atoms with E-state index < -0.39 is 0 Å². The molecule has 0 aromatic heterocycles. The Morgan fingerprint density at radius 3 is 2.92 bits per heavy atom. The Hall–Kier alpha value is -2.77. The van der Waals surface area contributed by atoms with Crippen molar-refractivity contribution in [3.05, 3.63) is 17.7 Å². The third-order valence-electron chi connectivity index (χ3n) is 3.96. The summed E-state index contributed by atoms with van der Waals surface area (Å²) >= 11 is 0. The van der Waals surface area contributed by atoms with Gasteiger partial charge in [-0.1, -0.05) is 0 Å². The van der Waals surface area contributed by atoms with Gasteiger partial charge in [-0.3, -0.25) is 14.9 Å². The van der Waals surface area contributed by atoms with Crippen LogP contribution in [0.5, 0.6) is 11.5 Å². The molecule has 2 aliphatic rings. The average molecular weight is 333 g/mol. The number of benzene rings is 1. The highest BCUT2D eigenvalue weighted by Gasteiger charge is 2.37. The van der Waals surface area contributed by atoms with E-state index in [0.29, 0.717) is 24.0 Å². The predicted molar refractivity (Wildman–Crippen MR) is 85.4 cm³/mol. The molecule has 0 radical (unpaired) electrons. The van der Waals surface area contributed by atoms with Gasteiger partial charge in [-0.2, -0.15) is 0 Å². The highest BCUT2D eigenvalue weighted by Crippen LogP contribution is 2.41. The molecule has 1 saturated heterocycles. The Morgan fingerprint density at radius 2 is 2.21 bits per heavy atom. The van der Waals surface area contributed by atoms with Gasteiger partial charge in [0.25, 0.3) is 0 Å². The number of esters is 1. The molecule has 2 aliphatic heterocycles. The average Bonchev–Trinajstić information content (AvgIpc) is 2.83. The number of carbonyl (C=O) groups is 2. The number of carbonyl (C=O) groups excluding carboxylic acids is 2. The number of rotatable bonds is 5. The second-order valence-corrected chi connectivity index (χ2v) is 5.51. The first-order valence-electron chi connectivity index (χ1n) is 7.63. The third kappa shape index (κ3) is 2.86. The molecular weight excluding hydrogens is 314 g/mol. The standard InChI is InChI=1S/C16H19N3O5/c1-9-15(21)18-16-17-12-4-5-13(24-7-6-23-10(2)20)14(22-3)11(12)8-19(9)16/h4-5,9H,6-8H2,1-3H3,(H,17,18,21). The molecule has 0 aliphatic carbocycles. The molecule has 1 unspecified atom stereocenters. The smallest absolute Gasteiger partial charge is 0.302 e. The molecule has 1 N–H and O–H groups in total. The number of guanidine groups is 1. The number of hydrogen-bond donors (Lipinski definition) is 1. The predicted octanol–water partition coefficient (Wildman–Crippen LogP) is 0.958. The Bertz CT molecular complexity index is 716. The van der Waals surface area contributed by atoms with Crippen molar-refractivity contribution in [1.29, 1.82) is 0 Å². The van der Waals surface area contributed by atoms with Crippen molar-refractivity contribution in [2.24, 2.45) is 4.99 Å². The molecule has 8 heteroatoms. The second kappa shape index (κ2) is 6.38. The van der Waals surface area contributed by atoms with Crippen LogP contribution in [0.4, 0.5) is 5.69 Å². The van der Waals surface area contributed by atoms with Gasteiger partial charge in [0.15, 0.2) is 11.5 Å². The van der Waals surface area contributed by atoms with Crippen molar-refractivity contribution in [2.45, 2.75) is 26.4 Å². The van der Waals surface area contributed by atoms with E-state index in [-0.39, 0.29) is 31.1 Å². The van der Waals surface area contributed by atoms with E-state index in [1.165, 1.54) is 6.92 Å². The number of aliphatic imine (C=N–C) groups is 1. The number of fused-ring (bicyclic) bond motifs is 2. The maximum Gasteiger partial charge on any atom is 0.302 e. The van der Waals surface area contributed by atoms with E-state index in [4.69, 9.17) is 14.2 Å². The normalized spacial score (nSPS) is 18.3. The SMILES string of the molecule is COc1c(OCCOC(C)=O)ccc2c1CN1C(=N2)NC(=O)C1C. The summed E-state index contributed by atoms with van der Waals surface area (Å²) < 4.78 is 16.0. The molecule has 2 heterocycles. The number of amides is 1. The Kier molecular flexibility index (Phi) is 4.28. The lowest BCUT2D eigenvalue weighted by Gasteiger charge is -2.27. The molecule has 8 nitrogen and oxygen atoms in total. The van der Waals surface area contributed by atoms with Crippen LogP contribution < -0.4 is 14.8 Å². The maximum absolute atomic E-state index is 11.8. The summed E-state index contributed by atoms with van der Waals surface area (Å²) in [6, 6.07) is 3.29. The first-order chi connectivity index (χ1) is 11.5. The Balaban J connectivity index is 1.82. The number of hydrogen-bond acceptors (Lipinski definition) is 7. The van der Waals surface area contributed by atoms with Crippen LogP contribution in [-0.2, 0) is 20.9 Å². The number of nitrogens with one attached hydrogen (secondary N) is 1. The van der Waals surface area contributed by atoms with E-state index in [1.54, 1.807) is 13.2 Å². The van der Waals surface area contributed by atoms with E-state index in [9.17, 15) is 9.59 Å². The number of methoxy groups -OCH3 is 1. The van der Waals surface area contributed by atoms with Crippen LogP contribution in [-0.4, -0.2) is 49.1 Å². The fourth-order valence-electron chi connectivity index (χ4n) is 2.73. The minimum atomic E-state index is -0.349. The monoisotopic (exact) mass is 333 g/mol. The van der Waals surface area contributed by atoms with Crippen molar-refractivity contribution < 1.29 is 23.8 Å². The molecule has 1 aromatic carbocycles. The largest absolute Gasteiger partial charge is 0.492 e. The zero-order chi connectivity index (χ0) is 17.3. The van der Waals surface area contributed by atoms with Crippen molar-refractivity contribution in [3.8, 4) is 11.5 Å². The fourth-order valence-corrected chi connectivity index (χ4v) is 2.73. The molecule has 3 rings (SSSR count). The zero-order valence-electron chi connectivity index (χ0n) is 13.8. The van der Waals surface area contributed by atoms with E-state index in [0.717, 1.165) is 11.3 Å². The van der Waals surface area contributed by atoms with Crippen molar-refractivity contribution >= 4 is 23.5 Å². The van der Waals surface area contributed by atoms with Crippen LogP contribution in [0.25, 0.3) is 0 Å². The fraction of sp³-hybridized carbons (Fsp3) is 0.438. The van der Waals surface area contributed by atoms with E-state index in [2.05, 4.69) is 10.3 Å². The summed E-state index contributed by atoms with van der Waals surface area (Å²) in [7, 11) is 1.56. The molecule has 0 spiro atoms. The summed E-state index contributed by atoms with van der Waals surface area (Å²) in [5, 5.41) is 2.77. The minimum Gasteiger partial charge on any atom is -0.492 e. The first-order valence-corrected chi connectivity index (χ1v) is 7.63. The lowest BCUT2D eigenvalue weighted by Crippen LogP contribution is -2.35. The molecular formula is C16H19N3O5. The van der Waals surface area contributed by atoms with Gasteiger partial charge >= 0.3 is 5.97 Å². The van der Waals surface area contributed by atoms with Gasteiger partial charge in [-0.05, 0) is 19.1 Å². The van der Waals surface area contributed by atoms with Gasteiger partial charge in [0, 0.05) is 12.5 Å². The molecule has 0 saturated carbocycles.